The van der Waals surface area contributed by atoms with Crippen LogP contribution in [0.3, 0.4) is 0 Å². The van der Waals surface area contributed by atoms with Crippen molar-refractivity contribution < 1.29 is 44.7 Å². The number of carbonyl (C=O) groups excluding carboxylic acids is 2. The number of benzene rings is 2. The molecule has 2 amide bonds. The summed E-state index contributed by atoms with van der Waals surface area (Å²) in [5, 5.41) is 0. The molecule has 0 atom stereocenters. The van der Waals surface area contributed by atoms with Crippen LogP contribution in [0.2, 0.25) is 0 Å². The molecule has 0 fully saturated rings. The average Bonchev–Trinajstić information content (AvgIpc) is 2.63. The standard InChI is InChI=1S/C14H6F8N4O2/c15-3-1-5(17)11(9(21)7(3)19)23-25-13(27)14(28)26-24-12-6(18)2-4(16)8(20)10(12)22/h1-2,23-24H,(H,25,27)(H,26,28). The third kappa shape index (κ3) is 4.05. The van der Waals surface area contributed by atoms with Gasteiger partial charge in [0.2, 0.25) is 0 Å². The van der Waals surface area contributed by atoms with Gasteiger partial charge in [0.05, 0.1) is 0 Å². The van der Waals surface area contributed by atoms with Crippen LogP contribution in [-0.4, -0.2) is 11.8 Å². The van der Waals surface area contributed by atoms with E-state index >= 15 is 0 Å². The first-order chi connectivity index (χ1) is 13.0. The minimum absolute atomic E-state index is 0.0524. The topological polar surface area (TPSA) is 82.3 Å². The van der Waals surface area contributed by atoms with Crippen LogP contribution in [-0.2, 0) is 9.59 Å². The van der Waals surface area contributed by atoms with E-state index in [4.69, 9.17) is 0 Å². The van der Waals surface area contributed by atoms with Crippen molar-refractivity contribution in [3.8, 4) is 0 Å². The summed E-state index contributed by atoms with van der Waals surface area (Å²) in [7, 11) is 0. The molecule has 4 N–H and O–H groups in total. The van der Waals surface area contributed by atoms with Crippen molar-refractivity contribution >= 4 is 23.2 Å². The summed E-state index contributed by atoms with van der Waals surface area (Å²) in [6.45, 7) is 0. The summed E-state index contributed by atoms with van der Waals surface area (Å²) in [5.74, 6) is -18.8. The summed E-state index contributed by atoms with van der Waals surface area (Å²) in [4.78, 5) is 22.9. The Morgan fingerprint density at radius 2 is 0.857 bits per heavy atom. The number of nitrogens with one attached hydrogen (secondary N) is 4. The Bertz CT molecular complexity index is 892. The van der Waals surface area contributed by atoms with Gasteiger partial charge in [-0.2, -0.15) is 0 Å². The molecule has 0 heterocycles. The van der Waals surface area contributed by atoms with Crippen molar-refractivity contribution in [3.05, 3.63) is 58.7 Å². The summed E-state index contributed by atoms with van der Waals surface area (Å²) in [6.07, 6.45) is 0. The summed E-state index contributed by atoms with van der Waals surface area (Å²) < 4.78 is 105. The summed E-state index contributed by atoms with van der Waals surface area (Å²) in [5.41, 5.74) is 2.98. The number of hydrogen-bond donors (Lipinski definition) is 4. The average molecular weight is 414 g/mol. The largest absolute Gasteiger partial charge is 0.329 e. The molecule has 0 saturated carbocycles. The maximum atomic E-state index is 13.4. The second-order valence-corrected chi connectivity index (χ2v) is 4.84. The van der Waals surface area contributed by atoms with Gasteiger partial charge in [0.15, 0.2) is 46.5 Å². The lowest BCUT2D eigenvalue weighted by molar-refractivity contribution is -0.138. The van der Waals surface area contributed by atoms with Crippen molar-refractivity contribution in [2.75, 3.05) is 10.9 Å². The third-order valence-corrected chi connectivity index (χ3v) is 3.04. The van der Waals surface area contributed by atoms with Crippen LogP contribution in [0.1, 0.15) is 0 Å². The first kappa shape index (κ1) is 20.7. The smallest absolute Gasteiger partial charge is 0.293 e. The Balaban J connectivity index is 2.03. The van der Waals surface area contributed by atoms with Crippen molar-refractivity contribution in [1.82, 2.24) is 10.9 Å². The lowest BCUT2D eigenvalue weighted by Crippen LogP contribution is -2.45. The van der Waals surface area contributed by atoms with E-state index in [0.717, 1.165) is 0 Å². The Hall–Kier alpha value is -3.58. The molecule has 0 unspecified atom stereocenters. The molecule has 0 spiro atoms. The van der Waals surface area contributed by atoms with Crippen molar-refractivity contribution in [2.45, 2.75) is 0 Å². The second kappa shape index (κ2) is 7.98. The maximum absolute atomic E-state index is 13.4. The molecule has 0 aliphatic heterocycles. The third-order valence-electron chi connectivity index (χ3n) is 3.04. The van der Waals surface area contributed by atoms with Crippen LogP contribution in [0.4, 0.5) is 46.5 Å². The van der Waals surface area contributed by atoms with Gasteiger partial charge < -0.3 is 0 Å². The fraction of sp³-hybridized carbons (Fsp3) is 0. The van der Waals surface area contributed by atoms with Crippen LogP contribution in [0.15, 0.2) is 12.1 Å². The Labute approximate surface area is 149 Å². The lowest BCUT2D eigenvalue weighted by atomic mass is 10.2. The maximum Gasteiger partial charge on any atom is 0.329 e. The fourth-order valence-electron chi connectivity index (χ4n) is 1.71. The number of rotatable bonds is 4. The highest BCUT2D eigenvalue weighted by Gasteiger charge is 2.23. The monoisotopic (exact) mass is 414 g/mol. The van der Waals surface area contributed by atoms with E-state index in [1.165, 1.54) is 21.7 Å². The molecule has 6 nitrogen and oxygen atoms in total. The molecule has 2 aromatic carbocycles. The minimum atomic E-state index is -2.08. The SMILES string of the molecule is O=C(NNc1c(F)cc(F)c(F)c1F)C(=O)NNc1c(F)cc(F)c(F)c1F. The van der Waals surface area contributed by atoms with Gasteiger partial charge in [-0.1, -0.05) is 0 Å². The number of halogens is 8. The van der Waals surface area contributed by atoms with E-state index < -0.39 is 69.7 Å². The van der Waals surface area contributed by atoms with E-state index in [0.29, 0.717) is 0 Å². The van der Waals surface area contributed by atoms with E-state index in [9.17, 15) is 44.7 Å². The molecular formula is C14H6F8N4O2. The summed E-state index contributed by atoms with van der Waals surface area (Å²) >= 11 is 0. The number of carbonyl (C=O) groups is 2. The highest BCUT2D eigenvalue weighted by atomic mass is 19.2. The minimum Gasteiger partial charge on any atom is -0.293 e. The van der Waals surface area contributed by atoms with Gasteiger partial charge in [-0.25, -0.2) is 35.1 Å². The zero-order valence-corrected chi connectivity index (χ0v) is 13.0. The molecule has 28 heavy (non-hydrogen) atoms. The van der Waals surface area contributed by atoms with E-state index in [2.05, 4.69) is 0 Å². The Morgan fingerprint density at radius 3 is 1.18 bits per heavy atom. The fourth-order valence-corrected chi connectivity index (χ4v) is 1.71. The van der Waals surface area contributed by atoms with Crippen LogP contribution >= 0.6 is 0 Å². The van der Waals surface area contributed by atoms with Gasteiger partial charge in [0.1, 0.15) is 11.4 Å². The van der Waals surface area contributed by atoms with E-state index in [-0.39, 0.29) is 12.1 Å². The molecule has 150 valence electrons. The predicted octanol–water partition coefficient (Wildman–Crippen LogP) is 2.39. The van der Waals surface area contributed by atoms with Crippen molar-refractivity contribution in [3.63, 3.8) is 0 Å². The molecular weight excluding hydrogens is 408 g/mol. The summed E-state index contributed by atoms with van der Waals surface area (Å²) in [6, 6.07) is -0.105. The predicted molar refractivity (Wildman–Crippen MR) is 76.1 cm³/mol. The molecule has 0 radical (unpaired) electrons. The van der Waals surface area contributed by atoms with Gasteiger partial charge in [-0.05, 0) is 0 Å². The zero-order chi connectivity index (χ0) is 21.2. The Morgan fingerprint density at radius 1 is 0.536 bits per heavy atom. The van der Waals surface area contributed by atoms with Crippen LogP contribution in [0.25, 0.3) is 0 Å². The molecule has 2 rings (SSSR count). The first-order valence-electron chi connectivity index (χ1n) is 6.82. The number of anilines is 2. The normalized spacial score (nSPS) is 10.4. The van der Waals surface area contributed by atoms with Crippen molar-refractivity contribution in [2.24, 2.45) is 0 Å². The van der Waals surface area contributed by atoms with E-state index in [1.807, 2.05) is 0 Å². The van der Waals surface area contributed by atoms with Crippen LogP contribution in [0.5, 0.6) is 0 Å². The zero-order valence-electron chi connectivity index (χ0n) is 13.0. The van der Waals surface area contributed by atoms with Gasteiger partial charge in [-0.15, -0.1) is 0 Å². The lowest BCUT2D eigenvalue weighted by Gasteiger charge is -2.13. The highest BCUT2D eigenvalue weighted by Crippen LogP contribution is 2.24. The quantitative estimate of drug-likeness (QED) is 0.204. The van der Waals surface area contributed by atoms with Crippen LogP contribution in [0, 0.1) is 46.5 Å². The second-order valence-electron chi connectivity index (χ2n) is 4.84. The Kier molecular flexibility index (Phi) is 5.90. The molecule has 0 saturated heterocycles. The van der Waals surface area contributed by atoms with Crippen molar-refractivity contribution in [1.29, 1.82) is 0 Å². The molecule has 0 bridgehead atoms. The first-order valence-corrected chi connectivity index (χ1v) is 6.82. The van der Waals surface area contributed by atoms with E-state index in [1.54, 1.807) is 0 Å². The molecule has 0 aliphatic carbocycles. The number of amides is 2. The van der Waals surface area contributed by atoms with Gasteiger partial charge in [0, 0.05) is 12.1 Å². The molecule has 2 aromatic rings. The number of hydrogen-bond acceptors (Lipinski definition) is 4. The molecule has 0 aliphatic rings. The highest BCUT2D eigenvalue weighted by molar-refractivity contribution is 6.35. The molecule has 0 aromatic heterocycles. The molecule has 14 heteroatoms. The number of hydrazine groups is 2. The van der Waals surface area contributed by atoms with Gasteiger partial charge in [0.25, 0.3) is 0 Å². The van der Waals surface area contributed by atoms with Gasteiger partial charge in [-0.3, -0.25) is 31.3 Å². The van der Waals surface area contributed by atoms with Crippen LogP contribution < -0.4 is 21.7 Å². The van der Waals surface area contributed by atoms with Gasteiger partial charge >= 0.3 is 11.8 Å².